The molecule has 0 radical (unpaired) electrons. The third-order valence-corrected chi connectivity index (χ3v) is 3.15. The Morgan fingerprint density at radius 1 is 1.30 bits per heavy atom. The van der Waals surface area contributed by atoms with Crippen LogP contribution in [0.5, 0.6) is 0 Å². The molecule has 1 rings (SSSR count). The van der Waals surface area contributed by atoms with Gasteiger partial charge >= 0.3 is 0 Å². The van der Waals surface area contributed by atoms with Crippen molar-refractivity contribution in [1.29, 1.82) is 0 Å². The first kappa shape index (κ1) is 16.1. The van der Waals surface area contributed by atoms with Gasteiger partial charge in [-0.15, -0.1) is 0 Å². The van der Waals surface area contributed by atoms with Gasteiger partial charge in [0, 0.05) is 17.4 Å². The van der Waals surface area contributed by atoms with Crippen molar-refractivity contribution in [3.05, 3.63) is 67.2 Å². The summed E-state index contributed by atoms with van der Waals surface area (Å²) in [7, 11) is 0. The topological polar surface area (TPSA) is 15.3 Å². The van der Waals surface area contributed by atoms with Gasteiger partial charge in [0.25, 0.3) is 0 Å². The standard InChI is InChI=1S/C18H26N2/c1-6-11-15(3)19-17(5)20(16(4)12-7-2)18-13-9-8-10-14-18/h6,8-11,13-14,16,19H,3,5,7,12H2,1-2,4H3/b11-6-. The maximum absolute atomic E-state index is 4.18. The minimum absolute atomic E-state index is 0.390. The molecule has 2 heteroatoms. The summed E-state index contributed by atoms with van der Waals surface area (Å²) < 4.78 is 0. The van der Waals surface area contributed by atoms with E-state index in [1.54, 1.807) is 0 Å². The Balaban J connectivity index is 2.93. The first-order valence-corrected chi connectivity index (χ1v) is 7.22. The molecule has 0 amide bonds. The molecule has 0 aromatic heterocycles. The number of rotatable bonds is 8. The highest BCUT2D eigenvalue weighted by molar-refractivity contribution is 5.52. The number of hydrogen-bond acceptors (Lipinski definition) is 2. The van der Waals surface area contributed by atoms with Gasteiger partial charge in [-0.25, -0.2) is 0 Å². The minimum atomic E-state index is 0.390. The molecule has 0 aliphatic rings. The summed E-state index contributed by atoms with van der Waals surface area (Å²) in [5.41, 5.74) is 2.00. The summed E-state index contributed by atoms with van der Waals surface area (Å²) in [6.45, 7) is 14.6. The zero-order valence-corrected chi connectivity index (χ0v) is 12.9. The van der Waals surface area contributed by atoms with Gasteiger partial charge in [0.1, 0.15) is 5.82 Å². The summed E-state index contributed by atoms with van der Waals surface area (Å²) >= 11 is 0. The zero-order valence-electron chi connectivity index (χ0n) is 12.9. The van der Waals surface area contributed by atoms with Crippen LogP contribution in [0.2, 0.25) is 0 Å². The largest absolute Gasteiger partial charge is 0.343 e. The summed E-state index contributed by atoms with van der Waals surface area (Å²) in [4.78, 5) is 2.23. The molecule has 20 heavy (non-hydrogen) atoms. The minimum Gasteiger partial charge on any atom is -0.343 e. The second-order valence-corrected chi connectivity index (χ2v) is 4.94. The van der Waals surface area contributed by atoms with E-state index in [-0.39, 0.29) is 0 Å². The molecule has 0 aliphatic heterocycles. The van der Waals surface area contributed by atoms with Crippen molar-refractivity contribution in [3.63, 3.8) is 0 Å². The van der Waals surface area contributed by atoms with Gasteiger partial charge in [0.15, 0.2) is 0 Å². The Hall–Kier alpha value is -1.96. The second-order valence-electron chi connectivity index (χ2n) is 4.94. The van der Waals surface area contributed by atoms with Crippen molar-refractivity contribution in [1.82, 2.24) is 5.32 Å². The fourth-order valence-corrected chi connectivity index (χ4v) is 2.30. The highest BCUT2D eigenvalue weighted by Crippen LogP contribution is 2.22. The average molecular weight is 270 g/mol. The molecule has 2 nitrogen and oxygen atoms in total. The number of para-hydroxylation sites is 1. The van der Waals surface area contributed by atoms with Gasteiger partial charge in [-0.1, -0.05) is 50.8 Å². The van der Waals surface area contributed by atoms with E-state index in [4.69, 9.17) is 0 Å². The van der Waals surface area contributed by atoms with Crippen LogP contribution < -0.4 is 10.2 Å². The molecule has 0 saturated carbocycles. The molecule has 0 fully saturated rings. The van der Waals surface area contributed by atoms with Gasteiger partial charge in [-0.3, -0.25) is 0 Å². The summed E-state index contributed by atoms with van der Waals surface area (Å²) in [5, 5.41) is 3.27. The van der Waals surface area contributed by atoms with Crippen molar-refractivity contribution in [3.8, 4) is 0 Å². The van der Waals surface area contributed by atoms with E-state index in [0.29, 0.717) is 6.04 Å². The molecule has 0 saturated heterocycles. The van der Waals surface area contributed by atoms with Crippen molar-refractivity contribution in [2.24, 2.45) is 0 Å². The van der Waals surface area contributed by atoms with Gasteiger partial charge in [-0.2, -0.15) is 0 Å². The average Bonchev–Trinajstić information content (AvgIpc) is 2.40. The molecular formula is C18H26N2. The lowest BCUT2D eigenvalue weighted by molar-refractivity contribution is 0.605. The molecule has 0 bridgehead atoms. The maximum Gasteiger partial charge on any atom is 0.103 e. The van der Waals surface area contributed by atoms with Gasteiger partial charge in [0.2, 0.25) is 0 Å². The smallest absolute Gasteiger partial charge is 0.103 e. The second kappa shape index (κ2) is 8.26. The quantitative estimate of drug-likeness (QED) is 0.680. The van der Waals surface area contributed by atoms with Gasteiger partial charge in [-0.05, 0) is 38.5 Å². The zero-order chi connectivity index (χ0) is 15.0. The van der Waals surface area contributed by atoms with Crippen LogP contribution in [-0.4, -0.2) is 6.04 Å². The lowest BCUT2D eigenvalue weighted by Crippen LogP contribution is -2.37. The van der Waals surface area contributed by atoms with Gasteiger partial charge in [0.05, 0.1) is 0 Å². The van der Waals surface area contributed by atoms with Crippen molar-refractivity contribution < 1.29 is 0 Å². The normalized spacial score (nSPS) is 12.2. The van der Waals surface area contributed by atoms with E-state index < -0.39 is 0 Å². The van der Waals surface area contributed by atoms with E-state index in [1.165, 1.54) is 0 Å². The predicted octanol–water partition coefficient (Wildman–Crippen LogP) is 4.83. The van der Waals surface area contributed by atoms with E-state index in [0.717, 1.165) is 30.0 Å². The number of nitrogens with one attached hydrogen (secondary N) is 1. The van der Waals surface area contributed by atoms with Crippen LogP contribution in [0.4, 0.5) is 5.69 Å². The Morgan fingerprint density at radius 2 is 1.95 bits per heavy atom. The monoisotopic (exact) mass is 270 g/mol. The van der Waals surface area contributed by atoms with Crippen LogP contribution in [0, 0.1) is 0 Å². The SMILES string of the molecule is C=C(/C=C\C)NC(=C)N(c1ccccc1)C(C)CCC. The van der Waals surface area contributed by atoms with E-state index in [1.807, 2.05) is 25.1 Å². The molecule has 0 spiro atoms. The van der Waals surface area contributed by atoms with Crippen LogP contribution in [0.1, 0.15) is 33.6 Å². The predicted molar refractivity (Wildman–Crippen MR) is 89.5 cm³/mol. The lowest BCUT2D eigenvalue weighted by atomic mass is 10.1. The van der Waals surface area contributed by atoms with Crippen molar-refractivity contribution in [2.45, 2.75) is 39.7 Å². The molecule has 1 unspecified atom stereocenters. The Labute approximate surface area is 123 Å². The molecule has 108 valence electrons. The van der Waals surface area contributed by atoms with Crippen molar-refractivity contribution >= 4 is 5.69 Å². The first-order chi connectivity index (χ1) is 9.60. The maximum atomic E-state index is 4.18. The fraction of sp³-hybridized carbons (Fsp3) is 0.333. The molecule has 1 N–H and O–H groups in total. The number of hydrogen-bond donors (Lipinski definition) is 1. The van der Waals surface area contributed by atoms with Crippen LogP contribution >= 0.6 is 0 Å². The molecule has 0 aliphatic carbocycles. The van der Waals surface area contributed by atoms with Crippen LogP contribution in [0.15, 0.2) is 67.2 Å². The highest BCUT2D eigenvalue weighted by Gasteiger charge is 2.16. The Morgan fingerprint density at radius 3 is 2.50 bits per heavy atom. The Kier molecular flexibility index (Phi) is 6.65. The third kappa shape index (κ3) is 4.61. The molecule has 0 heterocycles. The number of nitrogens with zero attached hydrogens (tertiary/aromatic N) is 1. The third-order valence-electron chi connectivity index (χ3n) is 3.15. The van der Waals surface area contributed by atoms with Crippen LogP contribution in [0.25, 0.3) is 0 Å². The molecule has 1 aromatic carbocycles. The summed E-state index contributed by atoms with van der Waals surface area (Å²) in [6, 6.07) is 10.7. The Bertz CT molecular complexity index is 460. The molecular weight excluding hydrogens is 244 g/mol. The number of benzene rings is 1. The van der Waals surface area contributed by atoms with Gasteiger partial charge < -0.3 is 10.2 Å². The fourth-order valence-electron chi connectivity index (χ4n) is 2.30. The molecule has 1 atom stereocenters. The highest BCUT2D eigenvalue weighted by atomic mass is 15.3. The van der Waals surface area contributed by atoms with Crippen molar-refractivity contribution in [2.75, 3.05) is 4.90 Å². The molecule has 1 aromatic rings. The summed E-state index contributed by atoms with van der Waals surface area (Å²) in [6.07, 6.45) is 6.17. The lowest BCUT2D eigenvalue weighted by Gasteiger charge is -2.33. The summed E-state index contributed by atoms with van der Waals surface area (Å²) in [5.74, 6) is 0.861. The number of allylic oxidation sites excluding steroid dienone is 2. The van der Waals surface area contributed by atoms with E-state index in [2.05, 4.69) is 61.5 Å². The number of anilines is 1. The first-order valence-electron chi connectivity index (χ1n) is 7.22. The van der Waals surface area contributed by atoms with E-state index in [9.17, 15) is 0 Å². The van der Waals surface area contributed by atoms with Crippen LogP contribution in [0.3, 0.4) is 0 Å². The van der Waals surface area contributed by atoms with E-state index >= 15 is 0 Å². The van der Waals surface area contributed by atoms with Crippen LogP contribution in [-0.2, 0) is 0 Å².